The molecule has 3 aromatic rings. The highest BCUT2D eigenvalue weighted by Gasteiger charge is 2.34. The van der Waals surface area contributed by atoms with Gasteiger partial charge in [0.2, 0.25) is 0 Å². The largest absolute Gasteiger partial charge is 0.384 e. The summed E-state index contributed by atoms with van der Waals surface area (Å²) >= 11 is 15.5. The average Bonchev–Trinajstić information content (AvgIpc) is 3.28. The summed E-state index contributed by atoms with van der Waals surface area (Å²) in [7, 11) is 0. The quantitative estimate of drug-likeness (QED) is 0.528. The van der Waals surface area contributed by atoms with Gasteiger partial charge in [0.05, 0.1) is 4.34 Å². The van der Waals surface area contributed by atoms with Gasteiger partial charge in [-0.1, -0.05) is 41.4 Å². The van der Waals surface area contributed by atoms with Crippen LogP contribution in [0.25, 0.3) is 4.91 Å². The number of benzene rings is 1. The lowest BCUT2D eigenvalue weighted by Gasteiger charge is -2.20. The van der Waals surface area contributed by atoms with Crippen LogP contribution in [0, 0.1) is 0 Å². The Labute approximate surface area is 170 Å². The van der Waals surface area contributed by atoms with Crippen molar-refractivity contribution in [2.45, 2.75) is 12.0 Å². The topological polar surface area (TPSA) is 33.1 Å². The molecule has 0 spiro atoms. The van der Waals surface area contributed by atoms with Crippen molar-refractivity contribution in [2.24, 2.45) is 0 Å². The number of rotatable bonds is 4. The minimum absolute atomic E-state index is 0.124. The fourth-order valence-corrected chi connectivity index (χ4v) is 5.96. The molecule has 0 fully saturated rings. The zero-order valence-corrected chi connectivity index (χ0v) is 16.7. The van der Waals surface area contributed by atoms with Crippen LogP contribution in [0.5, 0.6) is 0 Å². The van der Waals surface area contributed by atoms with Gasteiger partial charge in [0.15, 0.2) is 0 Å². The monoisotopic (exact) mass is 419 g/mol. The Morgan fingerprint density at radius 1 is 1.08 bits per heavy atom. The summed E-state index contributed by atoms with van der Waals surface area (Å²) in [6.45, 7) is 0. The highest BCUT2D eigenvalue weighted by Crippen LogP contribution is 2.52. The molecule has 1 aromatic carbocycles. The highest BCUT2D eigenvalue weighted by molar-refractivity contribution is 8.08. The number of aliphatic hydroxyl groups excluding tert-OH is 1. The van der Waals surface area contributed by atoms with Gasteiger partial charge >= 0.3 is 0 Å². The predicted molar refractivity (Wildman–Crippen MR) is 112 cm³/mol. The number of thioether (sulfide) groups is 1. The third-order valence-corrected chi connectivity index (χ3v) is 7.23. The molecule has 1 aliphatic rings. The van der Waals surface area contributed by atoms with Crippen molar-refractivity contribution >= 4 is 51.2 Å². The minimum Gasteiger partial charge on any atom is -0.384 e. The molecule has 0 saturated heterocycles. The summed E-state index contributed by atoms with van der Waals surface area (Å²) in [6.07, 6.45) is 2.72. The number of thiophene rings is 1. The molecular formula is C20H15Cl2NOS2. The molecule has 2 unspecified atom stereocenters. The van der Waals surface area contributed by atoms with Gasteiger partial charge in [-0.3, -0.25) is 4.98 Å². The Bertz CT molecular complexity index is 938. The summed E-state index contributed by atoms with van der Waals surface area (Å²) in [5.41, 5.74) is 2.87. The number of hydrogen-bond acceptors (Lipinski definition) is 4. The fourth-order valence-electron chi connectivity index (χ4n) is 3.13. The van der Waals surface area contributed by atoms with Crippen LogP contribution in [-0.2, 0) is 0 Å². The molecule has 0 bridgehead atoms. The molecule has 0 aliphatic carbocycles. The van der Waals surface area contributed by atoms with Crippen LogP contribution in [-0.4, -0.2) is 15.8 Å². The Hall–Kier alpha value is -1.30. The number of halogens is 2. The van der Waals surface area contributed by atoms with E-state index in [9.17, 15) is 5.11 Å². The van der Waals surface area contributed by atoms with E-state index in [0.29, 0.717) is 5.02 Å². The van der Waals surface area contributed by atoms with Crippen LogP contribution < -0.4 is 0 Å². The van der Waals surface area contributed by atoms with Gasteiger partial charge in [0.25, 0.3) is 0 Å². The van der Waals surface area contributed by atoms with Crippen molar-refractivity contribution in [3.05, 3.63) is 91.9 Å². The lowest BCUT2D eigenvalue weighted by atomic mass is 9.89. The molecule has 0 amide bonds. The summed E-state index contributed by atoms with van der Waals surface area (Å²) in [5, 5.41) is 11.9. The molecule has 26 heavy (non-hydrogen) atoms. The van der Waals surface area contributed by atoms with E-state index in [1.165, 1.54) is 4.88 Å². The third kappa shape index (κ3) is 3.57. The van der Waals surface area contributed by atoms with Crippen LogP contribution in [0.15, 0.2) is 66.5 Å². The van der Waals surface area contributed by atoms with Crippen LogP contribution in [0.4, 0.5) is 0 Å². The first-order valence-corrected chi connectivity index (χ1v) is 10.7. The molecule has 1 N–H and O–H groups in total. The van der Waals surface area contributed by atoms with Crippen molar-refractivity contribution in [3.63, 3.8) is 0 Å². The number of pyridine rings is 1. The van der Waals surface area contributed by atoms with E-state index in [-0.39, 0.29) is 5.92 Å². The van der Waals surface area contributed by atoms with Gasteiger partial charge in [-0.15, -0.1) is 23.1 Å². The maximum Gasteiger partial charge on any atom is 0.104 e. The van der Waals surface area contributed by atoms with E-state index in [1.807, 2.05) is 42.5 Å². The summed E-state index contributed by atoms with van der Waals surface area (Å²) in [4.78, 5) is 6.44. The Morgan fingerprint density at radius 3 is 2.54 bits per heavy atom. The van der Waals surface area contributed by atoms with Crippen LogP contribution >= 0.6 is 46.3 Å². The minimum atomic E-state index is -0.713. The van der Waals surface area contributed by atoms with Gasteiger partial charge in [-0.2, -0.15) is 0 Å². The first-order chi connectivity index (χ1) is 12.6. The SMILES string of the molecule is OC(C1=C(c2ccc(Cl)cc2)SCC1c1ccc(Cl)s1)c1cccnc1. The van der Waals surface area contributed by atoms with Crippen molar-refractivity contribution in [2.75, 3.05) is 5.75 Å². The van der Waals surface area contributed by atoms with E-state index in [4.69, 9.17) is 23.2 Å². The van der Waals surface area contributed by atoms with Crippen molar-refractivity contribution in [1.29, 1.82) is 0 Å². The van der Waals surface area contributed by atoms with Crippen LogP contribution in [0.1, 0.15) is 28.0 Å². The Balaban J connectivity index is 1.83. The molecule has 0 saturated carbocycles. The lowest BCUT2D eigenvalue weighted by Crippen LogP contribution is -2.09. The van der Waals surface area contributed by atoms with Gasteiger partial charge in [-0.25, -0.2) is 0 Å². The number of aliphatic hydroxyl groups is 1. The third-order valence-electron chi connectivity index (χ3n) is 4.37. The van der Waals surface area contributed by atoms with Gasteiger partial charge < -0.3 is 5.11 Å². The highest BCUT2D eigenvalue weighted by atomic mass is 35.5. The molecule has 2 nitrogen and oxygen atoms in total. The van der Waals surface area contributed by atoms with E-state index in [1.54, 1.807) is 35.5 Å². The summed E-state index contributed by atoms with van der Waals surface area (Å²) < 4.78 is 0.764. The first-order valence-electron chi connectivity index (χ1n) is 8.09. The van der Waals surface area contributed by atoms with E-state index in [0.717, 1.165) is 31.7 Å². The maximum absolute atomic E-state index is 11.2. The van der Waals surface area contributed by atoms with Gasteiger partial charge in [-0.05, 0) is 41.5 Å². The molecule has 6 heteroatoms. The number of nitrogens with zero attached hydrogens (tertiary/aromatic N) is 1. The molecule has 0 radical (unpaired) electrons. The molecular weight excluding hydrogens is 405 g/mol. The van der Waals surface area contributed by atoms with Crippen LogP contribution in [0.2, 0.25) is 9.36 Å². The Morgan fingerprint density at radius 2 is 1.88 bits per heavy atom. The molecule has 2 atom stereocenters. The fraction of sp³-hybridized carbons (Fsp3) is 0.150. The number of hydrogen-bond donors (Lipinski definition) is 1. The van der Waals surface area contributed by atoms with Gasteiger partial charge in [0.1, 0.15) is 6.10 Å². The van der Waals surface area contributed by atoms with Crippen molar-refractivity contribution in [3.8, 4) is 0 Å². The smallest absolute Gasteiger partial charge is 0.104 e. The summed E-state index contributed by atoms with van der Waals surface area (Å²) in [5.74, 6) is 1.000. The second kappa shape index (κ2) is 7.75. The molecule has 3 heterocycles. The standard InChI is InChI=1S/C20H15Cl2NOS2/c21-14-5-3-12(4-6-14)20-18(19(24)13-2-1-9-23-10-13)15(11-25-20)16-7-8-17(22)26-16/h1-10,15,19,24H,11H2. The van der Waals surface area contributed by atoms with Crippen LogP contribution in [0.3, 0.4) is 0 Å². The second-order valence-corrected chi connectivity index (χ2v) is 9.20. The second-order valence-electron chi connectivity index (χ2n) is 5.99. The average molecular weight is 420 g/mol. The normalized spacial score (nSPS) is 18.3. The predicted octanol–water partition coefficient (Wildman–Crippen LogP) is 6.43. The zero-order valence-electron chi connectivity index (χ0n) is 13.6. The zero-order chi connectivity index (χ0) is 18.1. The van der Waals surface area contributed by atoms with Crippen molar-refractivity contribution in [1.82, 2.24) is 4.98 Å². The van der Waals surface area contributed by atoms with E-state index >= 15 is 0 Å². The molecule has 4 rings (SSSR count). The summed E-state index contributed by atoms with van der Waals surface area (Å²) in [6, 6.07) is 15.5. The molecule has 132 valence electrons. The first kappa shape index (κ1) is 18.1. The van der Waals surface area contributed by atoms with E-state index < -0.39 is 6.10 Å². The van der Waals surface area contributed by atoms with Crippen molar-refractivity contribution < 1.29 is 5.11 Å². The van der Waals surface area contributed by atoms with E-state index in [2.05, 4.69) is 11.1 Å². The molecule has 1 aliphatic heterocycles. The van der Waals surface area contributed by atoms with Gasteiger partial charge in [0, 0.05) is 44.4 Å². The number of aromatic nitrogens is 1. The molecule has 2 aromatic heterocycles. The Kier molecular flexibility index (Phi) is 5.39. The lowest BCUT2D eigenvalue weighted by molar-refractivity contribution is 0.210. The maximum atomic E-state index is 11.2.